The first-order valence-corrected chi connectivity index (χ1v) is 23.3. The molecule has 4 atom stereocenters. The summed E-state index contributed by atoms with van der Waals surface area (Å²) in [5, 5.41) is 43.9. The lowest BCUT2D eigenvalue weighted by molar-refractivity contribution is -0.143. The molecule has 6 amide bonds. The molecule has 0 aromatic heterocycles. The minimum Gasteiger partial charge on any atom is -0.481 e. The van der Waals surface area contributed by atoms with E-state index < -0.39 is 41.8 Å². The van der Waals surface area contributed by atoms with Crippen molar-refractivity contribution in [3.05, 3.63) is 0 Å². The highest BCUT2D eigenvalue weighted by atomic mass is 79.9. The number of halogens is 1. The van der Waals surface area contributed by atoms with Crippen LogP contribution in [0.5, 0.6) is 0 Å². The summed E-state index contributed by atoms with van der Waals surface area (Å²) in [6, 6.07) is -2.30. The summed E-state index contributed by atoms with van der Waals surface area (Å²) >= 11 is 3.03. The number of carboxylic acids is 3. The van der Waals surface area contributed by atoms with Gasteiger partial charge < -0.3 is 66.2 Å². The second-order valence-corrected chi connectivity index (χ2v) is 16.7. The minimum atomic E-state index is -1.24. The molecule has 65 heavy (non-hydrogen) atoms. The Bertz CT molecular complexity index is 1480. The number of carbonyl (C=O) groups excluding carboxylic acids is 6. The molecule has 0 aliphatic heterocycles. The van der Waals surface area contributed by atoms with E-state index in [1.807, 2.05) is 13.8 Å². The predicted molar refractivity (Wildman–Crippen MR) is 237 cm³/mol. The van der Waals surface area contributed by atoms with E-state index in [4.69, 9.17) is 24.1 Å². The van der Waals surface area contributed by atoms with Gasteiger partial charge in [-0.3, -0.25) is 33.6 Å². The van der Waals surface area contributed by atoms with E-state index in [-0.39, 0.29) is 144 Å². The zero-order chi connectivity index (χ0) is 48.4. The lowest BCUT2D eigenvalue weighted by Gasteiger charge is -2.29. The van der Waals surface area contributed by atoms with Crippen LogP contribution in [-0.4, -0.2) is 165 Å². The molecule has 4 unspecified atom stereocenters. The van der Waals surface area contributed by atoms with Crippen LogP contribution in [0.25, 0.3) is 0 Å². The average molecular weight is 996 g/mol. The summed E-state index contributed by atoms with van der Waals surface area (Å²) in [5.74, 6) is -5.39. The molecule has 0 aromatic carbocycles. The molecule has 0 aromatic rings. The van der Waals surface area contributed by atoms with Crippen LogP contribution >= 0.6 is 15.9 Å². The van der Waals surface area contributed by atoms with E-state index in [2.05, 4.69) is 47.8 Å². The number of aliphatic carboxylic acids is 3. The van der Waals surface area contributed by atoms with Crippen LogP contribution < -0.4 is 31.9 Å². The summed E-state index contributed by atoms with van der Waals surface area (Å²) in [6.45, 7) is 5.25. The molecule has 1 aliphatic carbocycles. The number of carboxylic acid groups (broad SMARTS) is 3. The van der Waals surface area contributed by atoms with Crippen LogP contribution in [0.15, 0.2) is 0 Å². The van der Waals surface area contributed by atoms with Gasteiger partial charge in [0.1, 0.15) is 25.3 Å². The Balaban J connectivity index is 2.07. The monoisotopic (exact) mass is 994 g/mol. The molecule has 23 heteroatoms. The summed E-state index contributed by atoms with van der Waals surface area (Å²) in [7, 11) is 0. The lowest BCUT2D eigenvalue weighted by Crippen LogP contribution is -2.45. The third-order valence-corrected chi connectivity index (χ3v) is 10.8. The van der Waals surface area contributed by atoms with Crippen LogP contribution in [0.2, 0.25) is 0 Å². The average Bonchev–Trinajstić information content (AvgIpc) is 3.24. The second-order valence-electron chi connectivity index (χ2n) is 16.2. The van der Waals surface area contributed by atoms with E-state index in [0.29, 0.717) is 64.5 Å². The molecule has 1 aliphatic rings. The first-order valence-electron chi connectivity index (χ1n) is 22.2. The Morgan fingerprint density at radius 1 is 0.569 bits per heavy atom. The third-order valence-electron chi connectivity index (χ3n) is 10.3. The van der Waals surface area contributed by atoms with E-state index in [1.54, 1.807) is 0 Å². The number of rotatable bonds is 38. The Hall–Kier alpha value is -4.45. The summed E-state index contributed by atoms with van der Waals surface area (Å²) < 4.78 is 21.2. The van der Waals surface area contributed by atoms with Crippen molar-refractivity contribution in [3.8, 4) is 0 Å². The van der Waals surface area contributed by atoms with Crippen molar-refractivity contribution in [1.82, 2.24) is 31.9 Å². The van der Waals surface area contributed by atoms with Crippen LogP contribution in [0.3, 0.4) is 0 Å². The van der Waals surface area contributed by atoms with Crippen molar-refractivity contribution in [2.45, 2.75) is 103 Å². The number of ether oxygens (including phenoxy) is 4. The van der Waals surface area contributed by atoms with Gasteiger partial charge in [-0.15, -0.1) is 0 Å². The molecule has 372 valence electrons. The number of carbonyl (C=O) groups is 9. The van der Waals surface area contributed by atoms with Crippen molar-refractivity contribution in [2.24, 2.45) is 23.7 Å². The fraction of sp³-hybridized carbons (Fsp3) is 0.786. The predicted octanol–water partition coefficient (Wildman–Crippen LogP) is 0.335. The normalized spacial score (nSPS) is 16.5. The topological polar surface area (TPSA) is 323 Å². The molecular formula is C42H71BrN6O16. The largest absolute Gasteiger partial charge is 0.481 e. The summed E-state index contributed by atoms with van der Waals surface area (Å²) in [4.78, 5) is 107. The van der Waals surface area contributed by atoms with Gasteiger partial charge in [0.15, 0.2) is 0 Å². The zero-order valence-electron chi connectivity index (χ0n) is 37.7. The smallest absolute Gasteiger partial charge is 0.326 e. The van der Waals surface area contributed by atoms with Gasteiger partial charge in [-0.05, 0) is 75.5 Å². The molecule has 0 radical (unpaired) electrons. The standard InChI is InChI=1S/C42H71BrN6O16/c1-28(21-29(2)23-39(55)56)22-35(51)47-25-30-6-8-31(9-7-30)40(57)49-33(42(60)61)10-11-34(50)45-13-15-62-17-19-64-26-37(53)46-14-16-63-18-20-65-27-38(54)48-32(41(58)59)5-3-4-12-44-36(52)24-43/h28-33H,3-27H2,1-2H3,(H,44,52)(H,45,50)(H,46,53)(H,47,51)(H,48,54)(H,49,57)(H,55,56)(H,58,59)(H,60,61). The molecule has 0 bridgehead atoms. The summed E-state index contributed by atoms with van der Waals surface area (Å²) in [5.41, 5.74) is 0. The number of hydrogen-bond donors (Lipinski definition) is 9. The van der Waals surface area contributed by atoms with Gasteiger partial charge >= 0.3 is 17.9 Å². The fourth-order valence-corrected chi connectivity index (χ4v) is 7.12. The number of nitrogens with one attached hydrogen (secondary N) is 6. The molecule has 0 heterocycles. The molecular weight excluding hydrogens is 924 g/mol. The molecule has 9 N–H and O–H groups in total. The number of alkyl halides is 1. The van der Waals surface area contributed by atoms with E-state index in [1.165, 1.54) is 0 Å². The van der Waals surface area contributed by atoms with Gasteiger partial charge in [-0.2, -0.15) is 0 Å². The number of amides is 6. The van der Waals surface area contributed by atoms with Crippen LogP contribution in [0.1, 0.15) is 90.9 Å². The highest BCUT2D eigenvalue weighted by Gasteiger charge is 2.30. The molecule has 0 saturated heterocycles. The Morgan fingerprint density at radius 3 is 1.69 bits per heavy atom. The summed E-state index contributed by atoms with van der Waals surface area (Å²) in [6.07, 6.45) is 4.55. The Kier molecular flexibility index (Phi) is 32.2. The van der Waals surface area contributed by atoms with Gasteiger partial charge in [-0.25, -0.2) is 9.59 Å². The SMILES string of the molecule is CC(CC(=O)O)CC(C)CC(=O)NCC1CCC(C(=O)NC(CCC(=O)NCCOCCOCC(=O)NCCOCCOCC(=O)NC(CCCCNC(=O)CBr)C(=O)O)C(=O)O)CC1. The van der Waals surface area contributed by atoms with Gasteiger partial charge in [0.2, 0.25) is 35.4 Å². The first kappa shape index (κ1) is 58.6. The Morgan fingerprint density at radius 2 is 1.11 bits per heavy atom. The maximum atomic E-state index is 12.9. The molecule has 0 spiro atoms. The number of unbranched alkanes of at least 4 members (excludes halogenated alkanes) is 1. The van der Waals surface area contributed by atoms with Crippen molar-refractivity contribution < 1.29 is 77.4 Å². The molecule has 22 nitrogen and oxygen atoms in total. The maximum Gasteiger partial charge on any atom is 0.326 e. The fourth-order valence-electron chi connectivity index (χ4n) is 6.93. The second kappa shape index (κ2) is 35.8. The van der Waals surface area contributed by atoms with E-state index >= 15 is 0 Å². The molecule has 1 fully saturated rings. The van der Waals surface area contributed by atoms with Gasteiger partial charge in [0, 0.05) is 51.4 Å². The lowest BCUT2D eigenvalue weighted by atomic mass is 9.81. The van der Waals surface area contributed by atoms with Gasteiger partial charge in [0.05, 0.1) is 45.0 Å². The van der Waals surface area contributed by atoms with Crippen molar-refractivity contribution in [3.63, 3.8) is 0 Å². The third kappa shape index (κ3) is 31.2. The van der Waals surface area contributed by atoms with Crippen molar-refractivity contribution >= 4 is 69.3 Å². The molecule has 1 saturated carbocycles. The minimum absolute atomic E-state index is 0.0170. The van der Waals surface area contributed by atoms with Crippen LogP contribution in [-0.2, 0) is 62.1 Å². The van der Waals surface area contributed by atoms with Crippen LogP contribution in [0, 0.1) is 23.7 Å². The maximum absolute atomic E-state index is 12.9. The van der Waals surface area contributed by atoms with Gasteiger partial charge in [-0.1, -0.05) is 29.8 Å². The highest BCUT2D eigenvalue weighted by molar-refractivity contribution is 9.09. The highest BCUT2D eigenvalue weighted by Crippen LogP contribution is 2.29. The number of hydrogen-bond acceptors (Lipinski definition) is 13. The van der Waals surface area contributed by atoms with Crippen molar-refractivity contribution in [2.75, 3.05) is 84.4 Å². The van der Waals surface area contributed by atoms with Crippen molar-refractivity contribution in [1.29, 1.82) is 0 Å². The first-order chi connectivity index (χ1) is 31.0. The van der Waals surface area contributed by atoms with E-state index in [9.17, 15) is 53.4 Å². The molecule has 1 rings (SSSR count). The van der Waals surface area contributed by atoms with E-state index in [0.717, 1.165) is 0 Å². The van der Waals surface area contributed by atoms with Gasteiger partial charge in [0.25, 0.3) is 0 Å². The quantitative estimate of drug-likeness (QED) is 0.0297. The van der Waals surface area contributed by atoms with Crippen LogP contribution in [0.4, 0.5) is 0 Å². The Labute approximate surface area is 388 Å². The zero-order valence-corrected chi connectivity index (χ0v) is 39.3.